The molecule has 0 aromatic carbocycles. The van der Waals surface area contributed by atoms with Crippen LogP contribution in [0.3, 0.4) is 0 Å². The molecule has 0 N–H and O–H groups in total. The minimum Gasteiger partial charge on any atom is -0.423 e. The molecule has 0 aliphatic carbocycles. The van der Waals surface area contributed by atoms with Crippen LogP contribution < -0.4 is 4.89 Å². The van der Waals surface area contributed by atoms with Crippen LogP contribution in [0.25, 0.3) is 11.6 Å². The predicted octanol–water partition coefficient (Wildman–Crippen LogP) is 1.64. The number of hydrogen-bond donors (Lipinski definition) is 0. The molecule has 3 aromatic heterocycles. The van der Waals surface area contributed by atoms with Gasteiger partial charge < -0.3 is 13.8 Å². The molecule has 0 aliphatic heterocycles. The fraction of sp³-hybridized carbons (Fsp3) is 0.250. The first-order valence-corrected chi connectivity index (χ1v) is 6.06. The number of pyridine rings is 1. The third-order valence-electron chi connectivity index (χ3n) is 2.40. The first kappa shape index (κ1) is 13.2. The van der Waals surface area contributed by atoms with Crippen LogP contribution in [0.2, 0.25) is 0 Å². The molecule has 0 unspecified atom stereocenters. The van der Waals surface area contributed by atoms with E-state index >= 15 is 0 Å². The summed E-state index contributed by atoms with van der Waals surface area (Å²) in [6.45, 7) is 3.41. The molecule has 108 valence electrons. The summed E-state index contributed by atoms with van der Waals surface area (Å²) in [6.07, 6.45) is 1.59. The summed E-state index contributed by atoms with van der Waals surface area (Å²) in [5, 5.41) is 11.2. The Bertz CT molecular complexity index is 739. The number of nitrogens with zero attached hydrogens (tertiary/aromatic N) is 5. The van der Waals surface area contributed by atoms with Gasteiger partial charge in [-0.3, -0.25) is 0 Å². The first-order valence-electron chi connectivity index (χ1n) is 6.06. The van der Waals surface area contributed by atoms with E-state index in [1.165, 1.54) is 0 Å². The summed E-state index contributed by atoms with van der Waals surface area (Å²) in [6, 6.07) is 3.36. The minimum atomic E-state index is 0.0119. The van der Waals surface area contributed by atoms with Gasteiger partial charge >= 0.3 is 0 Å². The topological polar surface area (TPSA) is 109 Å². The maximum Gasteiger partial charge on any atom is 0.280 e. The SMILES string of the molecule is Cc1noc(-c2ncccc2OOCc2nnc(C)o2)n1. The van der Waals surface area contributed by atoms with Crippen molar-refractivity contribution in [1.82, 2.24) is 25.3 Å². The number of hydrogen-bond acceptors (Lipinski definition) is 9. The van der Waals surface area contributed by atoms with Crippen LogP contribution in [0.15, 0.2) is 27.3 Å². The smallest absolute Gasteiger partial charge is 0.280 e. The Labute approximate surface area is 118 Å². The Hall–Kier alpha value is -2.81. The molecule has 21 heavy (non-hydrogen) atoms. The van der Waals surface area contributed by atoms with E-state index in [1.54, 1.807) is 32.2 Å². The summed E-state index contributed by atoms with van der Waals surface area (Å²) >= 11 is 0. The molecular formula is C12H11N5O4. The van der Waals surface area contributed by atoms with Gasteiger partial charge in [-0.05, 0) is 19.1 Å². The molecule has 0 spiro atoms. The molecule has 0 saturated heterocycles. The van der Waals surface area contributed by atoms with Gasteiger partial charge in [-0.25, -0.2) is 4.98 Å². The highest BCUT2D eigenvalue weighted by Gasteiger charge is 2.15. The molecule has 3 heterocycles. The van der Waals surface area contributed by atoms with E-state index in [4.69, 9.17) is 18.7 Å². The van der Waals surface area contributed by atoms with Crippen molar-refractivity contribution in [1.29, 1.82) is 0 Å². The highest BCUT2D eigenvalue weighted by Crippen LogP contribution is 2.26. The normalized spacial score (nSPS) is 10.8. The van der Waals surface area contributed by atoms with Gasteiger partial charge in [0.25, 0.3) is 5.89 Å². The van der Waals surface area contributed by atoms with E-state index in [1.807, 2.05) is 0 Å². The van der Waals surface area contributed by atoms with Gasteiger partial charge in [0.05, 0.1) is 0 Å². The molecular weight excluding hydrogens is 278 g/mol. The van der Waals surface area contributed by atoms with Gasteiger partial charge in [0.15, 0.2) is 23.9 Å². The average molecular weight is 289 g/mol. The molecule has 9 heteroatoms. The Morgan fingerprint density at radius 1 is 1.24 bits per heavy atom. The van der Waals surface area contributed by atoms with Crippen molar-refractivity contribution in [3.8, 4) is 17.3 Å². The molecule has 0 amide bonds. The molecule has 0 fully saturated rings. The van der Waals surface area contributed by atoms with E-state index in [2.05, 4.69) is 25.3 Å². The van der Waals surface area contributed by atoms with Gasteiger partial charge in [0.2, 0.25) is 11.8 Å². The lowest BCUT2D eigenvalue weighted by Gasteiger charge is -2.05. The first-order chi connectivity index (χ1) is 10.2. The summed E-state index contributed by atoms with van der Waals surface area (Å²) in [4.78, 5) is 18.5. The second-order valence-corrected chi connectivity index (χ2v) is 4.06. The Kier molecular flexibility index (Phi) is 3.56. The lowest BCUT2D eigenvalue weighted by molar-refractivity contribution is -0.221. The fourth-order valence-electron chi connectivity index (χ4n) is 1.55. The third-order valence-corrected chi connectivity index (χ3v) is 2.40. The van der Waals surface area contributed by atoms with E-state index in [0.29, 0.717) is 29.0 Å². The zero-order chi connectivity index (χ0) is 14.7. The van der Waals surface area contributed by atoms with Crippen molar-refractivity contribution < 1.29 is 18.7 Å². The predicted molar refractivity (Wildman–Crippen MR) is 66.7 cm³/mol. The number of aryl methyl sites for hydroxylation is 2. The van der Waals surface area contributed by atoms with E-state index in [0.717, 1.165) is 0 Å². The lowest BCUT2D eigenvalue weighted by Crippen LogP contribution is -2.00. The van der Waals surface area contributed by atoms with Crippen LogP contribution in [0.5, 0.6) is 5.75 Å². The van der Waals surface area contributed by atoms with Gasteiger partial charge in [0.1, 0.15) is 0 Å². The second kappa shape index (κ2) is 5.67. The standard InChI is InChI=1S/C12H11N5O4/c1-7-14-12(20-17-7)11-9(4-3-5-13-11)21-18-6-10-16-15-8(2)19-10/h3-5H,6H2,1-2H3. The molecule has 0 radical (unpaired) electrons. The molecule has 0 aliphatic rings. The van der Waals surface area contributed by atoms with Gasteiger partial charge in [-0.2, -0.15) is 9.87 Å². The Morgan fingerprint density at radius 2 is 2.14 bits per heavy atom. The third kappa shape index (κ3) is 3.03. The van der Waals surface area contributed by atoms with E-state index < -0.39 is 0 Å². The highest BCUT2D eigenvalue weighted by atomic mass is 17.2. The van der Waals surface area contributed by atoms with Gasteiger partial charge in [-0.1, -0.05) is 5.16 Å². The largest absolute Gasteiger partial charge is 0.423 e. The van der Waals surface area contributed by atoms with Gasteiger partial charge in [-0.15, -0.1) is 10.2 Å². The Morgan fingerprint density at radius 3 is 2.86 bits per heavy atom. The van der Waals surface area contributed by atoms with Crippen LogP contribution in [0.1, 0.15) is 17.6 Å². The van der Waals surface area contributed by atoms with Crippen LogP contribution >= 0.6 is 0 Å². The summed E-state index contributed by atoms with van der Waals surface area (Å²) in [5.74, 6) is 1.87. The molecule has 0 atom stereocenters. The summed E-state index contributed by atoms with van der Waals surface area (Å²) < 4.78 is 10.2. The quantitative estimate of drug-likeness (QED) is 0.511. The van der Waals surface area contributed by atoms with Crippen molar-refractivity contribution in [2.24, 2.45) is 0 Å². The summed E-state index contributed by atoms with van der Waals surface area (Å²) in [5.41, 5.74) is 0.389. The highest BCUT2D eigenvalue weighted by molar-refractivity contribution is 5.56. The maximum atomic E-state index is 5.20. The molecule has 3 aromatic rings. The lowest BCUT2D eigenvalue weighted by atomic mass is 10.3. The summed E-state index contributed by atoms with van der Waals surface area (Å²) in [7, 11) is 0. The number of rotatable bonds is 5. The monoisotopic (exact) mass is 289 g/mol. The van der Waals surface area contributed by atoms with Crippen LogP contribution in [-0.2, 0) is 11.5 Å². The van der Waals surface area contributed by atoms with Crippen molar-refractivity contribution >= 4 is 0 Å². The van der Waals surface area contributed by atoms with Crippen LogP contribution in [0.4, 0.5) is 0 Å². The van der Waals surface area contributed by atoms with Crippen molar-refractivity contribution in [2.75, 3.05) is 0 Å². The molecule has 0 bridgehead atoms. The van der Waals surface area contributed by atoms with E-state index in [-0.39, 0.29) is 12.5 Å². The molecule has 9 nitrogen and oxygen atoms in total. The van der Waals surface area contributed by atoms with Crippen molar-refractivity contribution in [3.63, 3.8) is 0 Å². The molecule has 0 saturated carbocycles. The van der Waals surface area contributed by atoms with Crippen molar-refractivity contribution in [2.45, 2.75) is 20.5 Å². The van der Waals surface area contributed by atoms with Gasteiger partial charge in [0, 0.05) is 13.1 Å². The maximum absolute atomic E-state index is 5.20. The minimum absolute atomic E-state index is 0.0119. The van der Waals surface area contributed by atoms with Crippen molar-refractivity contribution in [3.05, 3.63) is 35.9 Å². The molecule has 3 rings (SSSR count). The zero-order valence-electron chi connectivity index (χ0n) is 11.3. The Balaban J connectivity index is 1.71. The number of aromatic nitrogens is 5. The fourth-order valence-corrected chi connectivity index (χ4v) is 1.55. The second-order valence-electron chi connectivity index (χ2n) is 4.06. The average Bonchev–Trinajstić information content (AvgIpc) is 3.08. The van der Waals surface area contributed by atoms with Crippen LogP contribution in [-0.4, -0.2) is 25.3 Å². The van der Waals surface area contributed by atoms with Crippen LogP contribution in [0, 0.1) is 13.8 Å². The van der Waals surface area contributed by atoms with E-state index in [9.17, 15) is 0 Å². The zero-order valence-corrected chi connectivity index (χ0v) is 11.3.